The van der Waals surface area contributed by atoms with Gasteiger partial charge in [0.2, 0.25) is 0 Å². The van der Waals surface area contributed by atoms with Gasteiger partial charge in [-0.1, -0.05) is 41.9 Å². The maximum absolute atomic E-state index is 5.89. The van der Waals surface area contributed by atoms with Crippen LogP contribution in [0.1, 0.15) is 0 Å². The number of benzene rings is 2. The fraction of sp³-hybridized carbons (Fsp3) is 0. The van der Waals surface area contributed by atoms with Crippen molar-refractivity contribution in [1.29, 1.82) is 0 Å². The summed E-state index contributed by atoms with van der Waals surface area (Å²) < 4.78 is 5.89. The topological polar surface area (TPSA) is 35.0 Å². The van der Waals surface area contributed by atoms with E-state index in [2.05, 4.69) is 9.97 Å². The molecule has 1 aromatic heterocycles. The molecule has 0 amide bonds. The number of hydrogen-bond donors (Lipinski definition) is 0. The van der Waals surface area contributed by atoms with Gasteiger partial charge in [0.15, 0.2) is 0 Å². The maximum Gasteiger partial charge on any atom is 0.147 e. The third kappa shape index (κ3) is 2.78. The molecule has 0 N–H and O–H groups in total. The molecule has 0 aliphatic rings. The average Bonchev–Trinajstić information content (AvgIpc) is 2.50. The van der Waals surface area contributed by atoms with Crippen LogP contribution in [0.15, 0.2) is 67.0 Å². The molecule has 3 nitrogen and oxygen atoms in total. The molecule has 1 heterocycles. The van der Waals surface area contributed by atoms with Crippen molar-refractivity contribution in [1.82, 2.24) is 9.97 Å². The second kappa shape index (κ2) is 5.72. The van der Waals surface area contributed by atoms with E-state index in [4.69, 9.17) is 16.3 Å². The predicted molar refractivity (Wildman–Crippen MR) is 79.0 cm³/mol. The summed E-state index contributed by atoms with van der Waals surface area (Å²) in [5.41, 5.74) is 1.60. The van der Waals surface area contributed by atoms with Crippen LogP contribution in [0.2, 0.25) is 5.15 Å². The number of halogens is 1. The van der Waals surface area contributed by atoms with Crippen LogP contribution in [0, 0.1) is 0 Å². The number of ether oxygens (including phenoxy) is 1. The summed E-state index contributed by atoms with van der Waals surface area (Å²) in [6, 6.07) is 17.3. The first kappa shape index (κ1) is 12.6. The molecule has 0 spiro atoms. The van der Waals surface area contributed by atoms with E-state index in [0.29, 0.717) is 5.15 Å². The summed E-state index contributed by atoms with van der Waals surface area (Å²) >= 11 is 5.76. The van der Waals surface area contributed by atoms with Crippen LogP contribution in [0.4, 0.5) is 0 Å². The molecule has 3 aromatic rings. The van der Waals surface area contributed by atoms with Gasteiger partial charge in [-0.05, 0) is 24.3 Å². The van der Waals surface area contributed by atoms with Gasteiger partial charge in [-0.2, -0.15) is 0 Å². The van der Waals surface area contributed by atoms with Gasteiger partial charge < -0.3 is 4.74 Å². The van der Waals surface area contributed by atoms with Crippen LogP contribution in [0.25, 0.3) is 11.3 Å². The highest BCUT2D eigenvalue weighted by Gasteiger charge is 2.08. The van der Waals surface area contributed by atoms with E-state index in [1.807, 2.05) is 54.6 Å². The number of nitrogens with zero attached hydrogens (tertiary/aromatic N) is 2. The molecule has 0 saturated carbocycles. The van der Waals surface area contributed by atoms with Gasteiger partial charge in [0.1, 0.15) is 16.7 Å². The van der Waals surface area contributed by atoms with Gasteiger partial charge in [0, 0.05) is 5.56 Å². The van der Waals surface area contributed by atoms with E-state index in [9.17, 15) is 0 Å². The molecule has 0 aliphatic carbocycles. The Morgan fingerprint density at radius 3 is 2.30 bits per heavy atom. The van der Waals surface area contributed by atoms with Crippen molar-refractivity contribution >= 4 is 11.6 Å². The van der Waals surface area contributed by atoms with E-state index in [0.717, 1.165) is 22.8 Å². The zero-order valence-corrected chi connectivity index (χ0v) is 11.3. The van der Waals surface area contributed by atoms with E-state index in [1.54, 1.807) is 6.20 Å². The molecular weight excluding hydrogens is 272 g/mol. The fourth-order valence-corrected chi connectivity index (χ4v) is 1.93. The van der Waals surface area contributed by atoms with E-state index in [1.165, 1.54) is 6.20 Å². The van der Waals surface area contributed by atoms with Crippen LogP contribution >= 0.6 is 11.6 Å². The summed E-state index contributed by atoms with van der Waals surface area (Å²) in [5, 5.41) is 0.371. The van der Waals surface area contributed by atoms with Gasteiger partial charge in [-0.15, -0.1) is 0 Å². The fourth-order valence-electron chi connectivity index (χ4n) is 1.83. The zero-order valence-electron chi connectivity index (χ0n) is 10.5. The van der Waals surface area contributed by atoms with E-state index in [-0.39, 0.29) is 0 Å². The van der Waals surface area contributed by atoms with Crippen molar-refractivity contribution in [3.05, 3.63) is 72.1 Å². The highest BCUT2D eigenvalue weighted by atomic mass is 35.5. The Kier molecular flexibility index (Phi) is 3.61. The van der Waals surface area contributed by atoms with Crippen molar-refractivity contribution in [3.63, 3.8) is 0 Å². The zero-order chi connectivity index (χ0) is 13.8. The minimum atomic E-state index is 0.371. The number of aromatic nitrogens is 2. The molecule has 3 rings (SSSR count). The summed E-state index contributed by atoms with van der Waals surface area (Å²) in [7, 11) is 0. The van der Waals surface area contributed by atoms with Crippen molar-refractivity contribution in [2.75, 3.05) is 0 Å². The Morgan fingerprint density at radius 2 is 1.55 bits per heavy atom. The molecular formula is C16H11ClN2O. The molecule has 98 valence electrons. The summed E-state index contributed by atoms with van der Waals surface area (Å²) in [4.78, 5) is 8.33. The first-order valence-corrected chi connectivity index (χ1v) is 6.50. The molecule has 0 radical (unpaired) electrons. The van der Waals surface area contributed by atoms with E-state index < -0.39 is 0 Å². The van der Waals surface area contributed by atoms with Crippen LogP contribution < -0.4 is 4.74 Å². The molecule has 2 aromatic carbocycles. The molecule has 0 bridgehead atoms. The Balaban J connectivity index is 1.98. The van der Waals surface area contributed by atoms with Crippen LogP contribution in [-0.2, 0) is 0 Å². The van der Waals surface area contributed by atoms with Crippen molar-refractivity contribution < 1.29 is 4.74 Å². The molecule has 0 unspecified atom stereocenters. The molecule has 0 fully saturated rings. The lowest BCUT2D eigenvalue weighted by molar-refractivity contribution is 0.484. The average molecular weight is 283 g/mol. The summed E-state index contributed by atoms with van der Waals surface area (Å²) in [6.45, 7) is 0. The second-order valence-electron chi connectivity index (χ2n) is 4.14. The predicted octanol–water partition coefficient (Wildman–Crippen LogP) is 4.59. The minimum Gasteiger partial charge on any atom is -0.457 e. The lowest BCUT2D eigenvalue weighted by atomic mass is 10.1. The first-order valence-electron chi connectivity index (χ1n) is 6.13. The van der Waals surface area contributed by atoms with Gasteiger partial charge in [-0.3, -0.25) is 4.98 Å². The summed E-state index contributed by atoms with van der Waals surface area (Å²) in [5.74, 6) is 1.51. The molecule has 4 heteroatoms. The Morgan fingerprint density at radius 1 is 0.800 bits per heavy atom. The van der Waals surface area contributed by atoms with Gasteiger partial charge in [-0.25, -0.2) is 4.98 Å². The third-order valence-corrected chi connectivity index (χ3v) is 2.95. The molecule has 0 aliphatic heterocycles. The molecule has 0 atom stereocenters. The highest BCUT2D eigenvalue weighted by molar-refractivity contribution is 6.29. The maximum atomic E-state index is 5.89. The first-order chi connectivity index (χ1) is 9.83. The number of hydrogen-bond acceptors (Lipinski definition) is 3. The van der Waals surface area contributed by atoms with Crippen LogP contribution in [0.3, 0.4) is 0 Å². The van der Waals surface area contributed by atoms with Crippen LogP contribution in [-0.4, -0.2) is 9.97 Å². The van der Waals surface area contributed by atoms with Gasteiger partial charge >= 0.3 is 0 Å². The Hall–Kier alpha value is -2.39. The summed E-state index contributed by atoms with van der Waals surface area (Å²) in [6.07, 6.45) is 3.16. The third-order valence-electron chi connectivity index (χ3n) is 2.75. The standard InChI is InChI=1S/C16H11ClN2O/c17-16-11-18-14(10-19-16)13-8-4-5-9-15(13)20-12-6-2-1-3-7-12/h1-11H. The van der Waals surface area contributed by atoms with Gasteiger partial charge in [0.05, 0.1) is 18.1 Å². The lowest BCUT2D eigenvalue weighted by Crippen LogP contribution is -1.91. The quantitative estimate of drug-likeness (QED) is 0.705. The largest absolute Gasteiger partial charge is 0.457 e. The monoisotopic (exact) mass is 282 g/mol. The van der Waals surface area contributed by atoms with Crippen molar-refractivity contribution in [2.24, 2.45) is 0 Å². The molecule has 20 heavy (non-hydrogen) atoms. The number of para-hydroxylation sites is 2. The van der Waals surface area contributed by atoms with Gasteiger partial charge in [0.25, 0.3) is 0 Å². The number of rotatable bonds is 3. The normalized spacial score (nSPS) is 10.2. The second-order valence-corrected chi connectivity index (χ2v) is 4.52. The Bertz CT molecular complexity index is 699. The smallest absolute Gasteiger partial charge is 0.147 e. The van der Waals surface area contributed by atoms with Crippen molar-refractivity contribution in [2.45, 2.75) is 0 Å². The minimum absolute atomic E-state index is 0.371. The van der Waals surface area contributed by atoms with E-state index >= 15 is 0 Å². The van der Waals surface area contributed by atoms with Crippen molar-refractivity contribution in [3.8, 4) is 22.8 Å². The lowest BCUT2D eigenvalue weighted by Gasteiger charge is -2.10. The highest BCUT2D eigenvalue weighted by Crippen LogP contribution is 2.31. The van der Waals surface area contributed by atoms with Crippen LogP contribution in [0.5, 0.6) is 11.5 Å². The Labute approximate surface area is 121 Å². The SMILES string of the molecule is Clc1cnc(-c2ccccc2Oc2ccccc2)cn1. The molecule has 0 saturated heterocycles.